The van der Waals surface area contributed by atoms with E-state index in [-0.39, 0.29) is 33.6 Å². The van der Waals surface area contributed by atoms with Crippen LogP contribution in [0.3, 0.4) is 0 Å². The third-order valence-corrected chi connectivity index (χ3v) is 6.38. The molecule has 31 heavy (non-hydrogen) atoms. The van der Waals surface area contributed by atoms with Crippen molar-refractivity contribution in [1.82, 2.24) is 9.80 Å². The molecule has 2 heterocycles. The van der Waals surface area contributed by atoms with Gasteiger partial charge in [-0.1, -0.05) is 35.9 Å². The molecule has 0 bridgehead atoms. The maximum Gasteiger partial charge on any atom is 0.294 e. The monoisotopic (exact) mass is 457 g/mol. The van der Waals surface area contributed by atoms with Crippen molar-refractivity contribution in [3.8, 4) is 0 Å². The van der Waals surface area contributed by atoms with E-state index in [9.17, 15) is 24.5 Å². The first kappa shape index (κ1) is 21.1. The number of hydrogen-bond acceptors (Lipinski definition) is 6. The number of rotatable bonds is 4. The average molecular weight is 458 g/mol. The van der Waals surface area contributed by atoms with Crippen molar-refractivity contribution in [2.45, 2.75) is 13.0 Å². The first-order valence-electron chi connectivity index (χ1n) is 9.37. The van der Waals surface area contributed by atoms with E-state index in [1.165, 1.54) is 29.8 Å². The summed E-state index contributed by atoms with van der Waals surface area (Å²) < 4.78 is 0. The largest absolute Gasteiger partial charge is 0.336 e. The average Bonchev–Trinajstić information content (AvgIpc) is 3.02. The van der Waals surface area contributed by atoms with Gasteiger partial charge in [-0.2, -0.15) is 0 Å². The first-order chi connectivity index (χ1) is 14.8. The molecular weight excluding hydrogens is 442 g/mol. The second kappa shape index (κ2) is 8.52. The van der Waals surface area contributed by atoms with Gasteiger partial charge in [0.15, 0.2) is 0 Å². The summed E-state index contributed by atoms with van der Waals surface area (Å²) in [5, 5.41) is 10.6. The van der Waals surface area contributed by atoms with Crippen molar-refractivity contribution < 1.29 is 19.3 Å². The summed E-state index contributed by atoms with van der Waals surface area (Å²) >= 11 is 6.76. The van der Waals surface area contributed by atoms with Crippen LogP contribution in [0, 0.1) is 10.1 Å². The van der Waals surface area contributed by atoms with Crippen LogP contribution in [-0.2, 0) is 22.6 Å². The Morgan fingerprint density at radius 2 is 1.94 bits per heavy atom. The third-order valence-electron chi connectivity index (χ3n) is 5.13. The molecule has 2 aromatic rings. The molecule has 2 aromatic carbocycles. The molecule has 10 heteroatoms. The highest BCUT2D eigenvalue weighted by Gasteiger charge is 2.37. The molecule has 0 spiro atoms. The quantitative estimate of drug-likeness (QED) is 0.392. The number of carbonyl (C=O) groups excluding carboxylic acids is 3. The van der Waals surface area contributed by atoms with Crippen molar-refractivity contribution in [1.29, 1.82) is 0 Å². The molecule has 0 aromatic heterocycles. The fraction of sp³-hybridized carbons (Fsp3) is 0.190. The van der Waals surface area contributed by atoms with Gasteiger partial charge in [0.1, 0.15) is 6.54 Å². The van der Waals surface area contributed by atoms with Gasteiger partial charge in [0.2, 0.25) is 5.91 Å². The number of hydrogen-bond donors (Lipinski definition) is 0. The summed E-state index contributed by atoms with van der Waals surface area (Å²) in [5.41, 5.74) is 2.31. The number of nitro benzene ring substituents is 1. The zero-order valence-corrected chi connectivity index (χ0v) is 17.7. The number of halogens is 1. The lowest BCUT2D eigenvalue weighted by Gasteiger charge is -2.29. The van der Waals surface area contributed by atoms with Crippen molar-refractivity contribution in [3.63, 3.8) is 0 Å². The number of fused-ring (bicyclic) bond motifs is 1. The van der Waals surface area contributed by atoms with Crippen molar-refractivity contribution in [2.75, 3.05) is 13.1 Å². The van der Waals surface area contributed by atoms with Crippen molar-refractivity contribution in [2.24, 2.45) is 0 Å². The topological polar surface area (TPSA) is 101 Å². The Morgan fingerprint density at radius 1 is 1.19 bits per heavy atom. The van der Waals surface area contributed by atoms with Crippen LogP contribution < -0.4 is 0 Å². The van der Waals surface area contributed by atoms with E-state index in [4.69, 9.17) is 11.6 Å². The Labute approximate surface area is 186 Å². The SMILES string of the molecule is O=C(CN1C(=O)S/C(=C\c2cc([N+](=O)[O-])ccc2Cl)C1=O)N1CCc2ccccc2C1. The lowest BCUT2D eigenvalue weighted by molar-refractivity contribution is -0.384. The van der Waals surface area contributed by atoms with E-state index >= 15 is 0 Å². The lowest BCUT2D eigenvalue weighted by Crippen LogP contribution is -2.44. The zero-order valence-electron chi connectivity index (χ0n) is 16.1. The minimum Gasteiger partial charge on any atom is -0.336 e. The molecule has 4 rings (SSSR count). The number of non-ortho nitro benzene ring substituents is 1. The predicted molar refractivity (Wildman–Crippen MR) is 116 cm³/mol. The van der Waals surface area contributed by atoms with E-state index in [0.717, 1.165) is 16.9 Å². The van der Waals surface area contributed by atoms with Crippen LogP contribution in [0.2, 0.25) is 5.02 Å². The zero-order chi connectivity index (χ0) is 22.1. The van der Waals surface area contributed by atoms with Gasteiger partial charge in [0.05, 0.1) is 9.83 Å². The first-order valence-corrected chi connectivity index (χ1v) is 10.6. The molecule has 8 nitrogen and oxygen atoms in total. The van der Waals surface area contributed by atoms with Gasteiger partial charge in [-0.15, -0.1) is 0 Å². The van der Waals surface area contributed by atoms with E-state index < -0.39 is 16.1 Å². The van der Waals surface area contributed by atoms with Gasteiger partial charge in [-0.05, 0) is 41.5 Å². The molecule has 0 saturated carbocycles. The summed E-state index contributed by atoms with van der Waals surface area (Å²) in [6.07, 6.45) is 2.05. The summed E-state index contributed by atoms with van der Waals surface area (Å²) in [5.74, 6) is -0.935. The Kier molecular flexibility index (Phi) is 5.79. The van der Waals surface area contributed by atoms with Gasteiger partial charge in [-0.25, -0.2) is 0 Å². The second-order valence-electron chi connectivity index (χ2n) is 7.06. The van der Waals surface area contributed by atoms with Crippen molar-refractivity contribution >= 4 is 52.2 Å². The van der Waals surface area contributed by atoms with Crippen LogP contribution in [0.25, 0.3) is 6.08 Å². The number of thioether (sulfide) groups is 1. The summed E-state index contributed by atoms with van der Waals surface area (Å²) in [6, 6.07) is 11.7. The van der Waals surface area contributed by atoms with Crippen LogP contribution in [0.4, 0.5) is 10.5 Å². The molecule has 0 aliphatic carbocycles. The summed E-state index contributed by atoms with van der Waals surface area (Å²) in [4.78, 5) is 50.9. The highest BCUT2D eigenvalue weighted by molar-refractivity contribution is 8.18. The van der Waals surface area contributed by atoms with Gasteiger partial charge in [0.25, 0.3) is 16.8 Å². The highest BCUT2D eigenvalue weighted by Crippen LogP contribution is 2.34. The lowest BCUT2D eigenvalue weighted by atomic mass is 10.00. The van der Waals surface area contributed by atoms with Crippen LogP contribution in [0.1, 0.15) is 16.7 Å². The van der Waals surface area contributed by atoms with Crippen LogP contribution in [0.5, 0.6) is 0 Å². The molecule has 0 unspecified atom stereocenters. The van der Waals surface area contributed by atoms with E-state index in [1.54, 1.807) is 4.90 Å². The summed E-state index contributed by atoms with van der Waals surface area (Å²) in [6.45, 7) is 0.600. The maximum atomic E-state index is 12.7. The number of nitrogens with zero attached hydrogens (tertiary/aromatic N) is 3. The van der Waals surface area contributed by atoms with Gasteiger partial charge in [-0.3, -0.25) is 29.4 Å². The smallest absolute Gasteiger partial charge is 0.294 e. The van der Waals surface area contributed by atoms with E-state index in [1.807, 2.05) is 24.3 Å². The Bertz CT molecular complexity index is 1150. The standard InChI is InChI=1S/C21H16ClN3O5S/c22-17-6-5-16(25(29)30)9-15(17)10-18-20(27)24(21(28)31-18)12-19(26)23-8-7-13-3-1-2-4-14(13)11-23/h1-6,9-10H,7-8,11-12H2/b18-10-. The molecule has 0 atom stereocenters. The van der Waals surface area contributed by atoms with Crippen LogP contribution in [-0.4, -0.2) is 44.9 Å². The molecule has 2 aliphatic heterocycles. The number of carbonyl (C=O) groups is 3. The maximum absolute atomic E-state index is 12.7. The van der Waals surface area contributed by atoms with Crippen LogP contribution >= 0.6 is 23.4 Å². The van der Waals surface area contributed by atoms with Crippen LogP contribution in [0.15, 0.2) is 47.4 Å². The molecule has 158 valence electrons. The Balaban J connectivity index is 1.49. The number of imide groups is 1. The molecule has 1 fully saturated rings. The predicted octanol–water partition coefficient (Wildman–Crippen LogP) is 3.87. The molecule has 0 N–H and O–H groups in total. The van der Waals surface area contributed by atoms with Crippen molar-refractivity contribution in [3.05, 3.63) is 79.2 Å². The Hall–Kier alpha value is -3.17. The fourth-order valence-corrected chi connectivity index (χ4v) is 4.48. The third kappa shape index (κ3) is 4.33. The van der Waals surface area contributed by atoms with Gasteiger partial charge in [0, 0.05) is 35.8 Å². The molecule has 1 saturated heterocycles. The van der Waals surface area contributed by atoms with Gasteiger partial charge >= 0.3 is 0 Å². The summed E-state index contributed by atoms with van der Waals surface area (Å²) in [7, 11) is 0. The molecule has 3 amide bonds. The van der Waals surface area contributed by atoms with Gasteiger partial charge < -0.3 is 4.90 Å². The Morgan fingerprint density at radius 3 is 2.68 bits per heavy atom. The minimum atomic E-state index is -0.622. The second-order valence-corrected chi connectivity index (χ2v) is 8.47. The number of benzene rings is 2. The molecular formula is C21H16ClN3O5S. The van der Waals surface area contributed by atoms with E-state index in [2.05, 4.69) is 0 Å². The minimum absolute atomic E-state index is 0.0594. The highest BCUT2D eigenvalue weighted by atomic mass is 35.5. The number of amides is 3. The molecule has 2 aliphatic rings. The molecule has 0 radical (unpaired) electrons. The normalized spacial score (nSPS) is 17.3. The fourth-order valence-electron chi connectivity index (χ4n) is 3.48. The van der Waals surface area contributed by atoms with E-state index in [0.29, 0.717) is 24.9 Å². The number of nitro groups is 1.